The standard InChI is InChI=1S/C29H39NO5/c1-18(2)27-24(11-10-22(31)13-23(32)14-26(33)34-5)28-21(15-29(3,4)35-28)12-25(27)30-16-19-8-6-7-9-20(19)17-30/h6-9,12,18,22-23,31-32H,10-11,13-17H2,1-5H3. The van der Waals surface area contributed by atoms with Gasteiger partial charge in [0.1, 0.15) is 11.4 Å². The van der Waals surface area contributed by atoms with Crippen LogP contribution in [0.3, 0.4) is 0 Å². The number of carbonyl (C=O) groups is 1. The molecule has 0 saturated carbocycles. The van der Waals surface area contributed by atoms with E-state index in [0.717, 1.165) is 30.8 Å². The number of nitrogens with zero attached hydrogens (tertiary/aromatic N) is 1. The molecule has 2 unspecified atom stereocenters. The van der Waals surface area contributed by atoms with Gasteiger partial charge >= 0.3 is 5.97 Å². The van der Waals surface area contributed by atoms with Gasteiger partial charge in [0.2, 0.25) is 0 Å². The highest BCUT2D eigenvalue weighted by Crippen LogP contribution is 2.47. The van der Waals surface area contributed by atoms with Gasteiger partial charge in [-0.25, -0.2) is 0 Å². The summed E-state index contributed by atoms with van der Waals surface area (Å²) in [4.78, 5) is 13.9. The number of aliphatic hydroxyl groups excluding tert-OH is 2. The number of ether oxygens (including phenoxy) is 2. The van der Waals surface area contributed by atoms with Crippen LogP contribution in [0.15, 0.2) is 30.3 Å². The average molecular weight is 482 g/mol. The van der Waals surface area contributed by atoms with Gasteiger partial charge in [-0.15, -0.1) is 0 Å². The molecule has 0 saturated heterocycles. The Morgan fingerprint density at radius 2 is 1.77 bits per heavy atom. The predicted octanol–water partition coefficient (Wildman–Crippen LogP) is 4.65. The smallest absolute Gasteiger partial charge is 0.308 e. The van der Waals surface area contributed by atoms with Crippen LogP contribution in [-0.2, 0) is 35.5 Å². The van der Waals surface area contributed by atoms with Crippen LogP contribution in [0.1, 0.15) is 80.7 Å². The Morgan fingerprint density at radius 1 is 1.11 bits per heavy atom. The van der Waals surface area contributed by atoms with E-state index in [1.807, 2.05) is 0 Å². The van der Waals surface area contributed by atoms with E-state index in [1.165, 1.54) is 35.1 Å². The Morgan fingerprint density at radius 3 is 2.37 bits per heavy atom. The number of hydrogen-bond donors (Lipinski definition) is 2. The van der Waals surface area contributed by atoms with Crippen LogP contribution in [0.5, 0.6) is 5.75 Å². The SMILES string of the molecule is COC(=O)CC(O)CC(O)CCc1c2c(cc(N3Cc4ccccc4C3)c1C(C)C)CC(C)(C)O2. The van der Waals surface area contributed by atoms with Gasteiger partial charge < -0.3 is 24.6 Å². The van der Waals surface area contributed by atoms with Crippen molar-refractivity contribution in [3.63, 3.8) is 0 Å². The van der Waals surface area contributed by atoms with Crippen LogP contribution in [0.2, 0.25) is 0 Å². The van der Waals surface area contributed by atoms with Gasteiger partial charge in [0.15, 0.2) is 0 Å². The zero-order chi connectivity index (χ0) is 25.3. The lowest BCUT2D eigenvalue weighted by molar-refractivity contribution is -0.143. The van der Waals surface area contributed by atoms with E-state index in [4.69, 9.17) is 4.74 Å². The number of benzene rings is 2. The summed E-state index contributed by atoms with van der Waals surface area (Å²) < 4.78 is 11.1. The van der Waals surface area contributed by atoms with Crippen LogP contribution in [0, 0.1) is 0 Å². The number of hydrogen-bond acceptors (Lipinski definition) is 6. The average Bonchev–Trinajstić information content (AvgIpc) is 3.35. The van der Waals surface area contributed by atoms with Gasteiger partial charge in [0, 0.05) is 36.3 Å². The second-order valence-electron chi connectivity index (χ2n) is 11.0. The first-order chi connectivity index (χ1) is 16.6. The summed E-state index contributed by atoms with van der Waals surface area (Å²) >= 11 is 0. The molecule has 0 aliphatic carbocycles. The number of fused-ring (bicyclic) bond motifs is 2. The highest BCUT2D eigenvalue weighted by Gasteiger charge is 2.36. The summed E-state index contributed by atoms with van der Waals surface area (Å²) in [6.45, 7) is 10.5. The van der Waals surface area contributed by atoms with Gasteiger partial charge in [-0.2, -0.15) is 0 Å². The van der Waals surface area contributed by atoms with Crippen LogP contribution < -0.4 is 9.64 Å². The molecule has 4 rings (SSSR count). The van der Waals surface area contributed by atoms with Gasteiger partial charge in [0.25, 0.3) is 0 Å². The topological polar surface area (TPSA) is 79.2 Å². The van der Waals surface area contributed by atoms with E-state index < -0.39 is 18.2 Å². The molecular weight excluding hydrogens is 442 g/mol. The molecule has 35 heavy (non-hydrogen) atoms. The van der Waals surface area contributed by atoms with E-state index in [1.54, 1.807) is 0 Å². The molecule has 2 aromatic rings. The zero-order valence-corrected chi connectivity index (χ0v) is 21.6. The predicted molar refractivity (Wildman–Crippen MR) is 137 cm³/mol. The summed E-state index contributed by atoms with van der Waals surface area (Å²) in [5.74, 6) is 0.768. The molecule has 0 spiro atoms. The van der Waals surface area contributed by atoms with E-state index in [2.05, 4.69) is 67.7 Å². The second kappa shape index (κ2) is 10.2. The number of esters is 1. The van der Waals surface area contributed by atoms with Gasteiger partial charge in [0.05, 0.1) is 25.7 Å². The van der Waals surface area contributed by atoms with Crippen molar-refractivity contribution in [3.05, 3.63) is 58.1 Å². The molecule has 2 heterocycles. The Bertz CT molecular complexity index is 1050. The molecular formula is C29H39NO5. The fourth-order valence-electron chi connectivity index (χ4n) is 5.57. The van der Waals surface area contributed by atoms with E-state index in [-0.39, 0.29) is 24.4 Å². The summed E-state index contributed by atoms with van der Waals surface area (Å²) in [6.07, 6.45) is 0.369. The third-order valence-electron chi connectivity index (χ3n) is 7.13. The molecule has 0 aromatic heterocycles. The molecule has 2 aliphatic rings. The maximum absolute atomic E-state index is 11.5. The minimum atomic E-state index is -0.919. The molecule has 2 N–H and O–H groups in total. The Kier molecular flexibility index (Phi) is 7.43. The third kappa shape index (κ3) is 5.65. The van der Waals surface area contributed by atoms with E-state index >= 15 is 0 Å². The first-order valence-electron chi connectivity index (χ1n) is 12.7. The summed E-state index contributed by atoms with van der Waals surface area (Å²) in [6, 6.07) is 10.9. The first kappa shape index (κ1) is 25.5. The molecule has 0 radical (unpaired) electrons. The van der Waals surface area contributed by atoms with Crippen molar-refractivity contribution in [1.29, 1.82) is 0 Å². The number of rotatable bonds is 9. The Balaban J connectivity index is 1.62. The van der Waals surface area contributed by atoms with Crippen LogP contribution in [-0.4, -0.2) is 41.1 Å². The van der Waals surface area contributed by atoms with Crippen molar-refractivity contribution in [1.82, 2.24) is 0 Å². The lowest BCUT2D eigenvalue weighted by Gasteiger charge is -2.28. The highest BCUT2D eigenvalue weighted by molar-refractivity contribution is 5.69. The number of methoxy groups -OCH3 is 1. The lowest BCUT2D eigenvalue weighted by atomic mass is 9.87. The van der Waals surface area contributed by atoms with Crippen molar-refractivity contribution in [2.75, 3.05) is 12.0 Å². The summed E-state index contributed by atoms with van der Waals surface area (Å²) in [5, 5.41) is 20.8. The van der Waals surface area contributed by atoms with Crippen molar-refractivity contribution < 1.29 is 24.5 Å². The fourth-order valence-corrected chi connectivity index (χ4v) is 5.57. The lowest BCUT2D eigenvalue weighted by Crippen LogP contribution is -2.25. The summed E-state index contributed by atoms with van der Waals surface area (Å²) in [5.41, 5.74) is 7.39. The van der Waals surface area contributed by atoms with E-state index in [0.29, 0.717) is 12.8 Å². The van der Waals surface area contributed by atoms with E-state index in [9.17, 15) is 15.0 Å². The minimum absolute atomic E-state index is 0.109. The maximum Gasteiger partial charge on any atom is 0.308 e. The van der Waals surface area contributed by atoms with Crippen molar-refractivity contribution in [3.8, 4) is 5.75 Å². The van der Waals surface area contributed by atoms with Crippen LogP contribution in [0.4, 0.5) is 5.69 Å². The largest absolute Gasteiger partial charge is 0.487 e. The number of aliphatic hydroxyl groups is 2. The molecule has 2 aliphatic heterocycles. The molecule has 0 amide bonds. The normalized spacial score (nSPS) is 17.7. The second-order valence-corrected chi connectivity index (χ2v) is 11.0. The third-order valence-corrected chi connectivity index (χ3v) is 7.13. The van der Waals surface area contributed by atoms with Crippen molar-refractivity contribution in [2.45, 2.75) is 96.6 Å². The molecule has 6 nitrogen and oxygen atoms in total. The quantitative estimate of drug-likeness (QED) is 0.508. The Hall–Kier alpha value is -2.57. The fraction of sp³-hybridized carbons (Fsp3) is 0.552. The summed E-state index contributed by atoms with van der Waals surface area (Å²) in [7, 11) is 1.30. The van der Waals surface area contributed by atoms with Gasteiger partial charge in [-0.3, -0.25) is 4.79 Å². The number of anilines is 1. The molecule has 190 valence electrons. The molecule has 0 bridgehead atoms. The van der Waals surface area contributed by atoms with Gasteiger partial charge in [-0.05, 0) is 61.8 Å². The van der Waals surface area contributed by atoms with Crippen molar-refractivity contribution >= 4 is 11.7 Å². The molecule has 0 fully saturated rings. The number of carbonyl (C=O) groups excluding carboxylic acids is 1. The van der Waals surface area contributed by atoms with Crippen molar-refractivity contribution in [2.24, 2.45) is 0 Å². The first-order valence-corrected chi connectivity index (χ1v) is 12.7. The van der Waals surface area contributed by atoms with Gasteiger partial charge in [-0.1, -0.05) is 38.1 Å². The minimum Gasteiger partial charge on any atom is -0.487 e. The monoisotopic (exact) mass is 481 g/mol. The molecule has 2 atom stereocenters. The van der Waals surface area contributed by atoms with Crippen LogP contribution in [0.25, 0.3) is 0 Å². The Labute approximate surface area is 208 Å². The zero-order valence-electron chi connectivity index (χ0n) is 21.6. The molecule has 6 heteroatoms. The molecule has 2 aromatic carbocycles. The highest BCUT2D eigenvalue weighted by atomic mass is 16.5. The maximum atomic E-state index is 11.5. The van der Waals surface area contributed by atoms with Crippen LogP contribution >= 0.6 is 0 Å².